The maximum Gasteiger partial charge on any atom is 0.0942 e. The Morgan fingerprint density at radius 1 is 0.882 bits per heavy atom. The third kappa shape index (κ3) is 1.44. The lowest BCUT2D eigenvalue weighted by molar-refractivity contribution is -0.255. The number of hydrogen-bond acceptors (Lipinski definition) is 3. The molecular weight excluding hydrogens is 214 g/mol. The van der Waals surface area contributed by atoms with Crippen LogP contribution in [0, 0.1) is 0 Å². The Kier molecular flexibility index (Phi) is 2.05. The van der Waals surface area contributed by atoms with Crippen LogP contribution in [-0.4, -0.2) is 11.0 Å². The number of fused-ring (bicyclic) bond motifs is 3. The van der Waals surface area contributed by atoms with Crippen LogP contribution in [0.1, 0.15) is 10.5 Å². The summed E-state index contributed by atoms with van der Waals surface area (Å²) in [7, 11) is 0. The van der Waals surface area contributed by atoms with Crippen LogP contribution in [0.5, 0.6) is 0 Å². The number of pyridine rings is 1. The second-order valence-corrected chi connectivity index (χ2v) is 3.81. The van der Waals surface area contributed by atoms with Crippen LogP contribution < -0.4 is 5.11 Å². The molecule has 0 saturated heterocycles. The second kappa shape index (κ2) is 3.56. The molecule has 0 aliphatic rings. The Hall–Kier alpha value is -2.42. The third-order valence-corrected chi connectivity index (χ3v) is 2.80. The highest BCUT2D eigenvalue weighted by molar-refractivity contribution is 6.12. The molecule has 0 unspecified atom stereocenters. The van der Waals surface area contributed by atoms with Crippen molar-refractivity contribution >= 4 is 27.6 Å². The molecule has 0 fully saturated rings. The first-order chi connectivity index (χ1) is 8.27. The Bertz CT molecular complexity index is 734. The first-order valence-corrected chi connectivity index (χ1v) is 5.26. The molecule has 17 heavy (non-hydrogen) atoms. The average molecular weight is 222 g/mol. The smallest absolute Gasteiger partial charge is 0.0942 e. The summed E-state index contributed by atoms with van der Waals surface area (Å²) in [6.07, 6.45) is 0. The van der Waals surface area contributed by atoms with Gasteiger partial charge in [0.1, 0.15) is 0 Å². The van der Waals surface area contributed by atoms with Crippen LogP contribution in [0.4, 0.5) is 0 Å². The fourth-order valence-corrected chi connectivity index (χ4v) is 2.06. The Balaban J connectivity index is 2.59. The van der Waals surface area contributed by atoms with E-state index in [4.69, 9.17) is 0 Å². The van der Waals surface area contributed by atoms with Gasteiger partial charge in [0.05, 0.1) is 17.2 Å². The summed E-state index contributed by atoms with van der Waals surface area (Å²) in [5.74, 6) is -1.24. The van der Waals surface area contributed by atoms with Crippen molar-refractivity contribution in [1.82, 2.24) is 4.98 Å². The largest absolute Gasteiger partial charge is 0.543 e. The molecule has 0 saturated carbocycles. The first-order valence-electron chi connectivity index (χ1n) is 5.26. The number of benzene rings is 2. The van der Waals surface area contributed by atoms with E-state index in [1.807, 2.05) is 30.3 Å². The SMILES string of the molecule is O=C([O-])c1nc2ccccc2c2ccccc12. The monoisotopic (exact) mass is 222 g/mol. The van der Waals surface area contributed by atoms with Gasteiger partial charge in [-0.25, -0.2) is 4.98 Å². The standard InChI is InChI=1S/C14H9NO2/c16-14(17)13-11-7-2-1-5-9(11)10-6-3-4-8-12(10)15-13/h1-8H,(H,16,17)/p-1. The number of carboxylic acid groups (broad SMARTS) is 1. The van der Waals surface area contributed by atoms with Crippen molar-refractivity contribution in [1.29, 1.82) is 0 Å². The molecule has 0 atom stereocenters. The second-order valence-electron chi connectivity index (χ2n) is 3.81. The molecule has 0 aliphatic heterocycles. The number of carbonyl (C=O) groups excluding carboxylic acids is 1. The molecule has 0 spiro atoms. The van der Waals surface area contributed by atoms with Crippen molar-refractivity contribution in [2.45, 2.75) is 0 Å². The van der Waals surface area contributed by atoms with E-state index < -0.39 is 5.97 Å². The maximum absolute atomic E-state index is 11.1. The minimum Gasteiger partial charge on any atom is -0.543 e. The summed E-state index contributed by atoms with van der Waals surface area (Å²) < 4.78 is 0. The van der Waals surface area contributed by atoms with Crippen molar-refractivity contribution in [3.05, 3.63) is 54.2 Å². The molecule has 3 nitrogen and oxygen atoms in total. The lowest BCUT2D eigenvalue weighted by Gasteiger charge is -2.09. The number of aromatic nitrogens is 1. The zero-order chi connectivity index (χ0) is 11.8. The quantitative estimate of drug-likeness (QED) is 0.589. The predicted molar refractivity (Wildman–Crippen MR) is 63.6 cm³/mol. The van der Waals surface area contributed by atoms with Crippen molar-refractivity contribution in [2.75, 3.05) is 0 Å². The van der Waals surface area contributed by atoms with E-state index in [-0.39, 0.29) is 5.69 Å². The normalized spacial score (nSPS) is 10.8. The minimum atomic E-state index is -1.24. The summed E-state index contributed by atoms with van der Waals surface area (Å²) in [4.78, 5) is 15.2. The summed E-state index contributed by atoms with van der Waals surface area (Å²) in [5, 5.41) is 13.5. The van der Waals surface area contributed by atoms with Gasteiger partial charge in [0.25, 0.3) is 0 Å². The van der Waals surface area contributed by atoms with Crippen LogP contribution in [0.3, 0.4) is 0 Å². The van der Waals surface area contributed by atoms with Crippen molar-refractivity contribution in [3.63, 3.8) is 0 Å². The molecule has 82 valence electrons. The Morgan fingerprint density at radius 2 is 1.47 bits per heavy atom. The van der Waals surface area contributed by atoms with Gasteiger partial charge in [0, 0.05) is 10.8 Å². The van der Waals surface area contributed by atoms with Gasteiger partial charge in [0.2, 0.25) is 0 Å². The van der Waals surface area contributed by atoms with Crippen LogP contribution in [-0.2, 0) is 0 Å². The lowest BCUT2D eigenvalue weighted by Crippen LogP contribution is -2.23. The van der Waals surface area contributed by atoms with Crippen LogP contribution >= 0.6 is 0 Å². The van der Waals surface area contributed by atoms with Crippen LogP contribution in [0.2, 0.25) is 0 Å². The average Bonchev–Trinajstić information content (AvgIpc) is 2.37. The van der Waals surface area contributed by atoms with Gasteiger partial charge in [-0.3, -0.25) is 0 Å². The van der Waals surface area contributed by atoms with E-state index >= 15 is 0 Å². The molecule has 3 heteroatoms. The fourth-order valence-electron chi connectivity index (χ4n) is 2.06. The van der Waals surface area contributed by atoms with E-state index in [1.165, 1.54) is 0 Å². The molecule has 3 aromatic rings. The summed E-state index contributed by atoms with van der Waals surface area (Å²) in [6, 6.07) is 14.8. The first kappa shape index (κ1) is 9.78. The number of aromatic carboxylic acids is 1. The van der Waals surface area contributed by atoms with E-state index in [2.05, 4.69) is 4.98 Å². The van der Waals surface area contributed by atoms with E-state index in [1.54, 1.807) is 18.2 Å². The Morgan fingerprint density at radius 3 is 2.18 bits per heavy atom. The van der Waals surface area contributed by atoms with Gasteiger partial charge in [-0.05, 0) is 11.5 Å². The summed E-state index contributed by atoms with van der Waals surface area (Å²) in [6.45, 7) is 0. The molecule has 3 rings (SSSR count). The van der Waals surface area contributed by atoms with Crippen molar-refractivity contribution < 1.29 is 9.90 Å². The number of nitrogens with zero attached hydrogens (tertiary/aromatic N) is 1. The van der Waals surface area contributed by atoms with E-state index in [0.717, 1.165) is 10.8 Å². The molecule has 0 amide bonds. The summed E-state index contributed by atoms with van der Waals surface area (Å²) in [5.41, 5.74) is 0.671. The summed E-state index contributed by atoms with van der Waals surface area (Å²) >= 11 is 0. The number of rotatable bonds is 1. The fraction of sp³-hybridized carbons (Fsp3) is 0. The maximum atomic E-state index is 11.1. The minimum absolute atomic E-state index is 0.000648. The van der Waals surface area contributed by atoms with E-state index in [0.29, 0.717) is 10.9 Å². The zero-order valence-electron chi connectivity index (χ0n) is 8.88. The molecule has 1 aromatic heterocycles. The number of hydrogen-bond donors (Lipinski definition) is 0. The number of carbonyl (C=O) groups is 1. The van der Waals surface area contributed by atoms with E-state index in [9.17, 15) is 9.90 Å². The molecule has 2 aromatic carbocycles. The third-order valence-electron chi connectivity index (χ3n) is 2.80. The van der Waals surface area contributed by atoms with Gasteiger partial charge < -0.3 is 9.90 Å². The van der Waals surface area contributed by atoms with Gasteiger partial charge in [-0.15, -0.1) is 0 Å². The number of para-hydroxylation sites is 1. The predicted octanol–water partition coefficient (Wildman–Crippen LogP) is 1.75. The van der Waals surface area contributed by atoms with Gasteiger partial charge in [-0.2, -0.15) is 0 Å². The lowest BCUT2D eigenvalue weighted by atomic mass is 10.0. The molecule has 0 radical (unpaired) electrons. The molecule has 0 N–H and O–H groups in total. The highest BCUT2D eigenvalue weighted by atomic mass is 16.4. The van der Waals surface area contributed by atoms with Crippen LogP contribution in [0.25, 0.3) is 21.7 Å². The molecule has 0 bridgehead atoms. The molecular formula is C14H8NO2-. The highest BCUT2D eigenvalue weighted by Gasteiger charge is 2.07. The number of carboxylic acids is 1. The van der Waals surface area contributed by atoms with Crippen molar-refractivity contribution in [2.24, 2.45) is 0 Å². The highest BCUT2D eigenvalue weighted by Crippen LogP contribution is 2.25. The van der Waals surface area contributed by atoms with Gasteiger partial charge in [0.15, 0.2) is 0 Å². The van der Waals surface area contributed by atoms with Gasteiger partial charge in [-0.1, -0.05) is 42.5 Å². The topological polar surface area (TPSA) is 53.0 Å². The molecule has 1 heterocycles. The van der Waals surface area contributed by atoms with Gasteiger partial charge >= 0.3 is 0 Å². The zero-order valence-corrected chi connectivity index (χ0v) is 8.88. The Labute approximate surface area is 97.3 Å². The molecule has 0 aliphatic carbocycles. The van der Waals surface area contributed by atoms with Crippen LogP contribution in [0.15, 0.2) is 48.5 Å². The van der Waals surface area contributed by atoms with Crippen molar-refractivity contribution in [3.8, 4) is 0 Å².